The second kappa shape index (κ2) is 3.84. The average molecular weight is 238 g/mol. The number of ether oxygens (including phenoxy) is 2. The molecule has 1 atom stereocenters. The van der Waals surface area contributed by atoms with Crippen LogP contribution in [0, 0.1) is 0 Å². The van der Waals surface area contributed by atoms with Crippen LogP contribution in [-0.2, 0) is 4.74 Å². The van der Waals surface area contributed by atoms with Crippen molar-refractivity contribution in [1.82, 2.24) is 0 Å². The molecule has 16 heavy (non-hydrogen) atoms. The number of rotatable bonds is 1. The van der Waals surface area contributed by atoms with E-state index in [4.69, 9.17) is 4.74 Å². The molecule has 1 aliphatic heterocycles. The van der Waals surface area contributed by atoms with E-state index in [1.54, 1.807) is 24.3 Å². The molecule has 1 aromatic carbocycles. The largest absolute Gasteiger partial charge is 0.465 e. The smallest absolute Gasteiger partial charge is 0.337 e. The highest BCUT2D eigenvalue weighted by atomic mass is 32.1. The molecule has 0 bridgehead atoms. The normalized spacial score (nSPS) is 22.2. The van der Waals surface area contributed by atoms with Crippen LogP contribution in [0.25, 0.3) is 6.08 Å². The molecule has 0 aromatic heterocycles. The molecule has 4 nitrogen and oxygen atoms in total. The van der Waals surface area contributed by atoms with Gasteiger partial charge in [-0.1, -0.05) is 12.6 Å². The molecule has 84 valence electrons. The number of aliphatic hydroxyl groups is 1. The van der Waals surface area contributed by atoms with Crippen molar-refractivity contribution in [1.29, 1.82) is 0 Å². The van der Waals surface area contributed by atoms with Gasteiger partial charge in [0.25, 0.3) is 5.12 Å². The molecule has 1 N–H and O–H groups in total. The maximum Gasteiger partial charge on any atom is 0.337 e. The van der Waals surface area contributed by atoms with Crippen LogP contribution in [-0.4, -0.2) is 23.3 Å². The van der Waals surface area contributed by atoms with E-state index in [1.165, 1.54) is 13.2 Å². The second-order valence-electron chi connectivity index (χ2n) is 3.34. The van der Waals surface area contributed by atoms with Gasteiger partial charge in [0.15, 0.2) is 0 Å². The van der Waals surface area contributed by atoms with Crippen LogP contribution in [0.5, 0.6) is 5.75 Å². The minimum absolute atomic E-state index is 0.414. The third-order valence-corrected chi connectivity index (χ3v) is 2.41. The number of esters is 1. The van der Waals surface area contributed by atoms with Crippen LogP contribution in [0.15, 0.2) is 24.3 Å². The van der Waals surface area contributed by atoms with Crippen LogP contribution in [0.3, 0.4) is 0 Å². The first-order valence-electron chi connectivity index (χ1n) is 4.57. The van der Waals surface area contributed by atoms with E-state index < -0.39 is 11.1 Å². The number of thiol groups is 1. The third kappa shape index (κ3) is 2.05. The minimum Gasteiger partial charge on any atom is -0.465 e. The monoisotopic (exact) mass is 238 g/mol. The highest BCUT2D eigenvalue weighted by Crippen LogP contribution is 2.32. The molecule has 1 heterocycles. The van der Waals surface area contributed by atoms with E-state index >= 15 is 0 Å². The molecule has 0 aliphatic carbocycles. The minimum atomic E-state index is -1.60. The van der Waals surface area contributed by atoms with Crippen LogP contribution in [0.2, 0.25) is 0 Å². The van der Waals surface area contributed by atoms with Crippen LogP contribution in [0.1, 0.15) is 15.9 Å². The molecule has 0 saturated heterocycles. The number of fused-ring (bicyclic) bond motifs is 1. The van der Waals surface area contributed by atoms with Gasteiger partial charge in [-0.05, 0) is 30.4 Å². The van der Waals surface area contributed by atoms with E-state index in [2.05, 4.69) is 17.4 Å². The predicted molar refractivity (Wildman–Crippen MR) is 61.4 cm³/mol. The summed E-state index contributed by atoms with van der Waals surface area (Å²) >= 11 is 3.88. The fraction of sp³-hybridized carbons (Fsp3) is 0.182. The lowest BCUT2D eigenvalue weighted by Crippen LogP contribution is -2.28. The van der Waals surface area contributed by atoms with Crippen molar-refractivity contribution in [3.63, 3.8) is 0 Å². The third-order valence-electron chi connectivity index (χ3n) is 2.17. The molecule has 0 saturated carbocycles. The Morgan fingerprint density at radius 3 is 3.00 bits per heavy atom. The predicted octanol–water partition coefficient (Wildman–Crippen LogP) is 1.45. The van der Waals surface area contributed by atoms with Gasteiger partial charge in [-0.25, -0.2) is 4.79 Å². The van der Waals surface area contributed by atoms with Gasteiger partial charge in [-0.2, -0.15) is 0 Å². The highest BCUT2D eigenvalue weighted by molar-refractivity contribution is 7.81. The Hall–Kier alpha value is -1.46. The molecule has 0 spiro atoms. The highest BCUT2D eigenvalue weighted by Gasteiger charge is 2.25. The van der Waals surface area contributed by atoms with Crippen molar-refractivity contribution in [2.75, 3.05) is 7.11 Å². The van der Waals surface area contributed by atoms with Gasteiger partial charge in [-0.3, -0.25) is 0 Å². The van der Waals surface area contributed by atoms with Crippen molar-refractivity contribution in [3.05, 3.63) is 35.4 Å². The zero-order chi connectivity index (χ0) is 11.8. The van der Waals surface area contributed by atoms with E-state index in [9.17, 15) is 9.90 Å². The van der Waals surface area contributed by atoms with Gasteiger partial charge in [0.05, 0.1) is 12.7 Å². The Balaban J connectivity index is 2.39. The summed E-state index contributed by atoms with van der Waals surface area (Å²) in [5, 5.41) is 7.91. The molecule has 0 amide bonds. The molecule has 0 radical (unpaired) electrons. The first kappa shape index (κ1) is 11.0. The summed E-state index contributed by atoms with van der Waals surface area (Å²) in [6.45, 7) is 0. The van der Waals surface area contributed by atoms with E-state index in [0.29, 0.717) is 16.9 Å². The van der Waals surface area contributed by atoms with Crippen LogP contribution < -0.4 is 4.74 Å². The lowest BCUT2D eigenvalue weighted by molar-refractivity contribution is -0.00954. The Morgan fingerprint density at radius 2 is 2.31 bits per heavy atom. The Kier molecular flexibility index (Phi) is 2.65. The Morgan fingerprint density at radius 1 is 1.56 bits per heavy atom. The molecular weight excluding hydrogens is 228 g/mol. The fourth-order valence-electron chi connectivity index (χ4n) is 1.41. The van der Waals surface area contributed by atoms with Crippen molar-refractivity contribution < 1.29 is 19.4 Å². The van der Waals surface area contributed by atoms with Gasteiger partial charge in [-0.15, -0.1) is 0 Å². The van der Waals surface area contributed by atoms with E-state index in [0.717, 1.165) is 0 Å². The summed E-state index contributed by atoms with van der Waals surface area (Å²) in [4.78, 5) is 11.3. The summed E-state index contributed by atoms with van der Waals surface area (Å²) < 4.78 is 9.77. The zero-order valence-electron chi connectivity index (χ0n) is 8.51. The summed E-state index contributed by atoms with van der Waals surface area (Å²) in [5.41, 5.74) is 1.13. The standard InChI is InChI=1S/C11H10O4S/c1-14-10(12)8-2-3-9-7(6-8)4-5-11(13,16)15-9/h2-6,13,16H,1H3. The lowest BCUT2D eigenvalue weighted by atomic mass is 10.1. The van der Waals surface area contributed by atoms with E-state index in [-0.39, 0.29) is 0 Å². The molecule has 5 heteroatoms. The zero-order valence-corrected chi connectivity index (χ0v) is 9.40. The lowest BCUT2D eigenvalue weighted by Gasteiger charge is -2.25. The Labute approximate surface area is 97.9 Å². The summed E-state index contributed by atoms with van der Waals surface area (Å²) in [5.74, 6) is 0.0514. The summed E-state index contributed by atoms with van der Waals surface area (Å²) in [7, 11) is 1.32. The SMILES string of the molecule is COC(=O)c1ccc2c(c1)C=CC(O)(S)O2. The molecule has 1 aromatic rings. The summed E-state index contributed by atoms with van der Waals surface area (Å²) in [6, 6.07) is 4.78. The Bertz CT molecular complexity index is 465. The fourth-order valence-corrected chi connectivity index (χ4v) is 1.58. The van der Waals surface area contributed by atoms with Gasteiger partial charge < -0.3 is 14.6 Å². The molecule has 1 aliphatic rings. The number of benzene rings is 1. The van der Waals surface area contributed by atoms with Crippen molar-refractivity contribution in [2.45, 2.75) is 5.12 Å². The van der Waals surface area contributed by atoms with Crippen molar-refractivity contribution in [3.8, 4) is 5.75 Å². The molecule has 0 fully saturated rings. The number of carbonyl (C=O) groups excluding carboxylic acids is 1. The first-order chi connectivity index (χ1) is 7.52. The van der Waals surface area contributed by atoms with Crippen molar-refractivity contribution in [2.24, 2.45) is 0 Å². The number of hydrogen-bond acceptors (Lipinski definition) is 5. The van der Waals surface area contributed by atoms with E-state index in [1.807, 2.05) is 0 Å². The topological polar surface area (TPSA) is 55.8 Å². The maximum absolute atomic E-state index is 11.3. The van der Waals surface area contributed by atoms with Gasteiger partial charge in [0.2, 0.25) is 0 Å². The first-order valence-corrected chi connectivity index (χ1v) is 5.02. The second-order valence-corrected chi connectivity index (χ2v) is 3.98. The maximum atomic E-state index is 11.3. The number of carbonyl (C=O) groups is 1. The van der Waals surface area contributed by atoms with Crippen molar-refractivity contribution >= 4 is 24.7 Å². The number of hydrogen-bond donors (Lipinski definition) is 2. The van der Waals surface area contributed by atoms with Crippen LogP contribution in [0.4, 0.5) is 0 Å². The van der Waals surface area contributed by atoms with Gasteiger partial charge in [0.1, 0.15) is 5.75 Å². The number of methoxy groups -OCH3 is 1. The summed E-state index contributed by atoms with van der Waals surface area (Å²) in [6.07, 6.45) is 3.03. The van der Waals surface area contributed by atoms with Gasteiger partial charge >= 0.3 is 5.97 Å². The quantitative estimate of drug-likeness (QED) is 0.442. The van der Waals surface area contributed by atoms with Gasteiger partial charge in [0, 0.05) is 5.56 Å². The molecule has 2 rings (SSSR count). The molecular formula is C11H10O4S. The average Bonchev–Trinajstić information content (AvgIpc) is 2.26. The molecule has 1 unspecified atom stereocenters. The van der Waals surface area contributed by atoms with Crippen LogP contribution >= 0.6 is 12.6 Å².